The second-order valence-electron chi connectivity index (χ2n) is 10.5. The van der Waals surface area contributed by atoms with Gasteiger partial charge in [-0.05, 0) is 64.1 Å². The summed E-state index contributed by atoms with van der Waals surface area (Å²) in [6.45, 7) is 5.88. The first kappa shape index (κ1) is 25.9. The van der Waals surface area contributed by atoms with Gasteiger partial charge in [-0.2, -0.15) is 0 Å². The third-order valence-corrected chi connectivity index (χ3v) is 7.78. The molecular formula is C30H41N3O4. The summed E-state index contributed by atoms with van der Waals surface area (Å²) in [7, 11) is 0. The number of nitrogen functional groups attached to an aromatic ring is 1. The Labute approximate surface area is 220 Å². The fraction of sp³-hybridized carbons (Fsp3) is 0.567. The third-order valence-electron chi connectivity index (χ3n) is 7.78. The first-order valence-electron chi connectivity index (χ1n) is 14.2. The summed E-state index contributed by atoms with van der Waals surface area (Å²) in [5.41, 5.74) is 9.59. The Morgan fingerprint density at radius 1 is 0.811 bits per heavy atom. The largest absolute Gasteiger partial charge is 0.493 e. The molecule has 5 rings (SSSR count). The Hall–Kier alpha value is -2.77. The Balaban J connectivity index is 1.39. The minimum atomic E-state index is -0.0948. The van der Waals surface area contributed by atoms with Crippen LogP contribution < -0.4 is 30.6 Å². The number of nitrogens with one attached hydrogen (secondary N) is 2. The lowest BCUT2D eigenvalue weighted by molar-refractivity contribution is 0.104. The molecule has 0 bridgehead atoms. The van der Waals surface area contributed by atoms with E-state index in [1.165, 1.54) is 38.5 Å². The van der Waals surface area contributed by atoms with Gasteiger partial charge in [0, 0.05) is 34.8 Å². The van der Waals surface area contributed by atoms with Gasteiger partial charge < -0.3 is 30.6 Å². The number of anilines is 1. The van der Waals surface area contributed by atoms with Crippen molar-refractivity contribution in [3.05, 3.63) is 35.4 Å². The smallest absolute Gasteiger partial charge is 0.196 e. The van der Waals surface area contributed by atoms with Gasteiger partial charge in [0.15, 0.2) is 5.78 Å². The van der Waals surface area contributed by atoms with Crippen LogP contribution in [0.15, 0.2) is 24.3 Å². The zero-order chi connectivity index (χ0) is 25.6. The number of hydrogen-bond donors (Lipinski definition) is 3. The Morgan fingerprint density at radius 2 is 1.46 bits per heavy atom. The molecule has 2 aliphatic heterocycles. The highest BCUT2D eigenvalue weighted by molar-refractivity contribution is 6.26. The first-order chi connectivity index (χ1) is 18.2. The molecule has 2 unspecified atom stereocenters. The fourth-order valence-corrected chi connectivity index (χ4v) is 5.78. The van der Waals surface area contributed by atoms with Crippen LogP contribution in [0.1, 0.15) is 80.6 Å². The normalized spacial score (nSPS) is 20.8. The Kier molecular flexibility index (Phi) is 8.52. The van der Waals surface area contributed by atoms with Crippen LogP contribution in [-0.2, 0) is 0 Å². The van der Waals surface area contributed by atoms with Crippen LogP contribution in [0.25, 0.3) is 11.1 Å². The van der Waals surface area contributed by atoms with E-state index in [1.54, 1.807) is 0 Å². The van der Waals surface area contributed by atoms with Crippen LogP contribution >= 0.6 is 0 Å². The van der Waals surface area contributed by atoms with Crippen molar-refractivity contribution < 1.29 is 19.0 Å². The number of nitrogens with two attached hydrogens (primary N) is 1. The summed E-state index contributed by atoms with van der Waals surface area (Å²) in [6.07, 6.45) is 10.0. The predicted molar refractivity (Wildman–Crippen MR) is 147 cm³/mol. The predicted octanol–water partition coefficient (Wildman–Crippen LogP) is 5.09. The van der Waals surface area contributed by atoms with E-state index in [-0.39, 0.29) is 5.78 Å². The quantitative estimate of drug-likeness (QED) is 0.311. The first-order valence-corrected chi connectivity index (χ1v) is 14.2. The number of benzene rings is 2. The molecule has 0 saturated carbocycles. The van der Waals surface area contributed by atoms with Gasteiger partial charge in [-0.1, -0.05) is 31.9 Å². The van der Waals surface area contributed by atoms with Gasteiger partial charge in [0.2, 0.25) is 0 Å². The van der Waals surface area contributed by atoms with Crippen molar-refractivity contribution in [2.24, 2.45) is 0 Å². The maximum atomic E-state index is 13.6. The molecule has 0 aromatic heterocycles. The standard InChI is InChI=1S/C30H41N3O4/c1-2-16-35-24-19-25(37-18-13-21-9-4-6-15-33-21)29(31)28-27(24)26-22(30(28)34)10-7-11-23(26)36-17-12-20-8-3-5-14-32-20/h7,10-11,19-21,32-33H,2-6,8-9,12-18,31H2,1H3. The molecule has 2 heterocycles. The number of fused-ring (bicyclic) bond motifs is 3. The molecule has 7 heteroatoms. The highest BCUT2D eigenvalue weighted by Crippen LogP contribution is 2.52. The van der Waals surface area contributed by atoms with Crippen LogP contribution in [0.5, 0.6) is 17.2 Å². The van der Waals surface area contributed by atoms with Crippen LogP contribution in [0.2, 0.25) is 0 Å². The van der Waals surface area contributed by atoms with Crippen LogP contribution in [0.4, 0.5) is 5.69 Å². The molecule has 4 N–H and O–H groups in total. The maximum absolute atomic E-state index is 13.6. The lowest BCUT2D eigenvalue weighted by Gasteiger charge is -2.24. The number of ketones is 1. The van der Waals surface area contributed by atoms with Crippen molar-refractivity contribution in [3.63, 3.8) is 0 Å². The van der Waals surface area contributed by atoms with Gasteiger partial charge >= 0.3 is 0 Å². The minimum Gasteiger partial charge on any atom is -0.493 e. The van der Waals surface area contributed by atoms with Crippen molar-refractivity contribution in [1.29, 1.82) is 0 Å². The molecule has 2 saturated heterocycles. The van der Waals surface area contributed by atoms with Crippen LogP contribution in [0, 0.1) is 0 Å². The summed E-state index contributed by atoms with van der Waals surface area (Å²) in [5, 5.41) is 7.13. The van der Waals surface area contributed by atoms with E-state index >= 15 is 0 Å². The molecule has 37 heavy (non-hydrogen) atoms. The van der Waals surface area contributed by atoms with E-state index < -0.39 is 0 Å². The number of rotatable bonds is 11. The summed E-state index contributed by atoms with van der Waals surface area (Å²) in [4.78, 5) is 13.6. The number of ether oxygens (including phenoxy) is 3. The molecule has 0 radical (unpaired) electrons. The molecule has 0 amide bonds. The number of carbonyl (C=O) groups excluding carboxylic acids is 1. The molecule has 3 aliphatic rings. The fourth-order valence-electron chi connectivity index (χ4n) is 5.78. The van der Waals surface area contributed by atoms with Gasteiger partial charge in [0.1, 0.15) is 17.2 Å². The molecule has 2 fully saturated rings. The van der Waals surface area contributed by atoms with Gasteiger partial charge in [-0.3, -0.25) is 4.79 Å². The average Bonchev–Trinajstić information content (AvgIpc) is 3.24. The molecule has 1 aliphatic carbocycles. The monoisotopic (exact) mass is 507 g/mol. The summed E-state index contributed by atoms with van der Waals surface area (Å²) in [6, 6.07) is 8.50. The molecular weight excluding hydrogens is 466 g/mol. The van der Waals surface area contributed by atoms with E-state index in [1.807, 2.05) is 24.3 Å². The molecule has 7 nitrogen and oxygen atoms in total. The van der Waals surface area contributed by atoms with Crippen molar-refractivity contribution in [2.75, 3.05) is 38.6 Å². The van der Waals surface area contributed by atoms with Crippen LogP contribution in [0.3, 0.4) is 0 Å². The summed E-state index contributed by atoms with van der Waals surface area (Å²) < 4.78 is 18.6. The van der Waals surface area contributed by atoms with Crippen molar-refractivity contribution >= 4 is 11.5 Å². The molecule has 0 spiro atoms. The molecule has 2 atom stereocenters. The minimum absolute atomic E-state index is 0.0948. The third kappa shape index (κ3) is 5.73. The molecule has 2 aromatic carbocycles. The number of hydrogen-bond acceptors (Lipinski definition) is 7. The second kappa shape index (κ2) is 12.2. The van der Waals surface area contributed by atoms with Crippen LogP contribution in [-0.4, -0.2) is 50.8 Å². The summed E-state index contributed by atoms with van der Waals surface area (Å²) >= 11 is 0. The van der Waals surface area contributed by atoms with Gasteiger partial charge in [0.25, 0.3) is 0 Å². The number of piperidine rings is 2. The lowest BCUT2D eigenvalue weighted by atomic mass is 10.0. The highest BCUT2D eigenvalue weighted by atomic mass is 16.5. The zero-order valence-corrected chi connectivity index (χ0v) is 22.1. The highest BCUT2D eigenvalue weighted by Gasteiger charge is 2.36. The van der Waals surface area contributed by atoms with Gasteiger partial charge in [-0.25, -0.2) is 0 Å². The maximum Gasteiger partial charge on any atom is 0.196 e. The molecule has 2 aromatic rings. The van der Waals surface area contributed by atoms with Crippen molar-refractivity contribution in [2.45, 2.75) is 76.8 Å². The van der Waals surface area contributed by atoms with E-state index in [4.69, 9.17) is 19.9 Å². The SMILES string of the molecule is CCCOc1cc(OCCC2CCCCN2)c(N)c2c1-c1c(OCCC3CCCCN3)cccc1C2=O. The van der Waals surface area contributed by atoms with E-state index in [9.17, 15) is 4.79 Å². The van der Waals surface area contributed by atoms with Crippen molar-refractivity contribution in [1.82, 2.24) is 10.6 Å². The van der Waals surface area contributed by atoms with E-state index in [0.29, 0.717) is 66.0 Å². The Morgan fingerprint density at radius 3 is 2.08 bits per heavy atom. The Bertz CT molecular complexity index is 1090. The van der Waals surface area contributed by atoms with Crippen molar-refractivity contribution in [3.8, 4) is 28.4 Å². The lowest BCUT2D eigenvalue weighted by Crippen LogP contribution is -2.35. The summed E-state index contributed by atoms with van der Waals surface area (Å²) in [5.74, 6) is 1.77. The second-order valence-corrected chi connectivity index (χ2v) is 10.5. The topological polar surface area (TPSA) is 94.8 Å². The zero-order valence-electron chi connectivity index (χ0n) is 22.1. The molecule has 200 valence electrons. The average molecular weight is 508 g/mol. The van der Waals surface area contributed by atoms with Gasteiger partial charge in [-0.15, -0.1) is 0 Å². The van der Waals surface area contributed by atoms with Gasteiger partial charge in [0.05, 0.1) is 31.1 Å². The van der Waals surface area contributed by atoms with E-state index in [2.05, 4.69) is 17.6 Å². The van der Waals surface area contributed by atoms with E-state index in [0.717, 1.165) is 43.5 Å². The number of carbonyl (C=O) groups is 1.